The summed E-state index contributed by atoms with van der Waals surface area (Å²) in [6, 6.07) is 9.75. The molecule has 20 heavy (non-hydrogen) atoms. The Kier molecular flexibility index (Phi) is 5.18. The third-order valence-corrected chi connectivity index (χ3v) is 3.80. The van der Waals surface area contributed by atoms with Gasteiger partial charge in [-0.05, 0) is 40.9 Å². The fourth-order valence-corrected chi connectivity index (χ4v) is 2.68. The van der Waals surface area contributed by atoms with Gasteiger partial charge in [0, 0.05) is 25.8 Å². The van der Waals surface area contributed by atoms with E-state index >= 15 is 0 Å². The van der Waals surface area contributed by atoms with Crippen molar-refractivity contribution in [3.8, 4) is 0 Å². The topological polar surface area (TPSA) is 32.3 Å². The number of amides is 1. The Hall–Kier alpha value is -1.81. The number of hydrogen-bond acceptors (Lipinski definition) is 3. The molecule has 0 atom stereocenters. The van der Waals surface area contributed by atoms with Crippen molar-refractivity contribution < 1.29 is 4.79 Å². The summed E-state index contributed by atoms with van der Waals surface area (Å²) in [6.07, 6.45) is 1.03. The van der Waals surface area contributed by atoms with Crippen LogP contribution in [0, 0.1) is 0 Å². The molecular formula is C16H20N2OS. The molecule has 1 heterocycles. The van der Waals surface area contributed by atoms with Gasteiger partial charge in [0.05, 0.1) is 5.56 Å². The van der Waals surface area contributed by atoms with Crippen LogP contribution in [0.25, 0.3) is 0 Å². The predicted molar refractivity (Wildman–Crippen MR) is 85.3 cm³/mol. The van der Waals surface area contributed by atoms with E-state index in [4.69, 9.17) is 0 Å². The summed E-state index contributed by atoms with van der Waals surface area (Å²) in [5, 5.41) is 7.42. The molecule has 0 aliphatic heterocycles. The van der Waals surface area contributed by atoms with Crippen LogP contribution in [-0.4, -0.2) is 24.4 Å². The zero-order chi connectivity index (χ0) is 14.4. The van der Waals surface area contributed by atoms with E-state index in [0.29, 0.717) is 6.54 Å². The van der Waals surface area contributed by atoms with Crippen LogP contribution >= 0.6 is 11.3 Å². The lowest BCUT2D eigenvalue weighted by Gasteiger charge is -2.19. The Balaban J connectivity index is 2.11. The third kappa shape index (κ3) is 3.61. The number of para-hydroxylation sites is 1. The van der Waals surface area contributed by atoms with Gasteiger partial charge in [0.25, 0.3) is 5.91 Å². The third-order valence-electron chi connectivity index (χ3n) is 3.07. The molecule has 0 saturated carbocycles. The molecule has 1 amide bonds. The Bertz CT molecular complexity index is 551. The molecule has 0 fully saturated rings. The number of carbonyl (C=O) groups excluding carboxylic acids is 1. The number of hydrogen-bond donors (Lipinski definition) is 1. The lowest BCUT2D eigenvalue weighted by molar-refractivity contribution is 0.0786. The van der Waals surface area contributed by atoms with E-state index < -0.39 is 0 Å². The van der Waals surface area contributed by atoms with Crippen molar-refractivity contribution in [3.05, 3.63) is 52.2 Å². The van der Waals surface area contributed by atoms with Gasteiger partial charge >= 0.3 is 0 Å². The highest BCUT2D eigenvalue weighted by atomic mass is 32.1. The number of rotatable bonds is 6. The highest BCUT2D eigenvalue weighted by Gasteiger charge is 2.15. The molecule has 0 spiro atoms. The smallest absolute Gasteiger partial charge is 0.255 e. The van der Waals surface area contributed by atoms with Gasteiger partial charge in [0.2, 0.25) is 0 Å². The zero-order valence-electron chi connectivity index (χ0n) is 11.9. The zero-order valence-corrected chi connectivity index (χ0v) is 12.7. The fraction of sp³-hybridized carbons (Fsp3) is 0.312. The minimum Gasteiger partial charge on any atom is -0.384 e. The molecule has 2 rings (SSSR count). The normalized spacial score (nSPS) is 10.3. The van der Waals surface area contributed by atoms with E-state index in [-0.39, 0.29) is 5.91 Å². The summed E-state index contributed by atoms with van der Waals surface area (Å²) in [5.74, 6) is 0.0513. The maximum Gasteiger partial charge on any atom is 0.255 e. The van der Waals surface area contributed by atoms with E-state index in [2.05, 4.69) is 23.7 Å². The fourth-order valence-electron chi connectivity index (χ4n) is 2.02. The van der Waals surface area contributed by atoms with Gasteiger partial charge in [0.15, 0.2) is 0 Å². The van der Waals surface area contributed by atoms with Crippen LogP contribution in [0.1, 0.15) is 29.3 Å². The van der Waals surface area contributed by atoms with Crippen molar-refractivity contribution in [3.63, 3.8) is 0 Å². The number of nitrogens with zero attached hydrogens (tertiary/aromatic N) is 1. The molecule has 0 aliphatic rings. The Labute approximate surface area is 124 Å². The number of benzene rings is 1. The van der Waals surface area contributed by atoms with Crippen LogP contribution in [0.4, 0.5) is 5.69 Å². The Morgan fingerprint density at radius 2 is 2.10 bits per heavy atom. The van der Waals surface area contributed by atoms with Crippen molar-refractivity contribution in [1.82, 2.24) is 4.90 Å². The summed E-state index contributed by atoms with van der Waals surface area (Å²) in [5.41, 5.74) is 2.82. The predicted octanol–water partition coefficient (Wildman–Crippen LogP) is 3.84. The van der Waals surface area contributed by atoms with E-state index in [1.165, 1.54) is 5.56 Å². The number of thiophene rings is 1. The first-order chi connectivity index (χ1) is 9.72. The minimum atomic E-state index is 0.0513. The van der Waals surface area contributed by atoms with Gasteiger partial charge in [-0.1, -0.05) is 19.1 Å². The SMILES string of the molecule is CCCNc1ccccc1C(=O)N(C)Cc1ccsc1. The number of nitrogens with one attached hydrogen (secondary N) is 1. The van der Waals surface area contributed by atoms with Crippen molar-refractivity contribution >= 4 is 22.9 Å². The van der Waals surface area contributed by atoms with Crippen molar-refractivity contribution in [2.75, 3.05) is 18.9 Å². The van der Waals surface area contributed by atoms with Crippen LogP contribution < -0.4 is 5.32 Å². The maximum atomic E-state index is 12.5. The lowest BCUT2D eigenvalue weighted by Crippen LogP contribution is -2.26. The first-order valence-electron chi connectivity index (χ1n) is 6.81. The second kappa shape index (κ2) is 7.10. The van der Waals surface area contributed by atoms with Gasteiger partial charge in [0.1, 0.15) is 0 Å². The summed E-state index contributed by atoms with van der Waals surface area (Å²) in [7, 11) is 1.84. The molecule has 4 heteroatoms. The van der Waals surface area contributed by atoms with E-state index in [1.54, 1.807) is 16.2 Å². The van der Waals surface area contributed by atoms with Crippen LogP contribution in [0.15, 0.2) is 41.1 Å². The van der Waals surface area contributed by atoms with E-state index in [0.717, 1.165) is 24.2 Å². The van der Waals surface area contributed by atoms with Crippen LogP contribution in [0.5, 0.6) is 0 Å². The monoisotopic (exact) mass is 288 g/mol. The van der Waals surface area contributed by atoms with Crippen molar-refractivity contribution in [1.29, 1.82) is 0 Å². The molecule has 1 N–H and O–H groups in total. The van der Waals surface area contributed by atoms with Crippen molar-refractivity contribution in [2.24, 2.45) is 0 Å². The second-order valence-electron chi connectivity index (χ2n) is 4.77. The summed E-state index contributed by atoms with van der Waals surface area (Å²) >= 11 is 1.65. The van der Waals surface area contributed by atoms with Gasteiger partial charge < -0.3 is 10.2 Å². The van der Waals surface area contributed by atoms with Crippen molar-refractivity contribution in [2.45, 2.75) is 19.9 Å². The molecular weight excluding hydrogens is 268 g/mol. The molecule has 2 aromatic rings. The van der Waals surface area contributed by atoms with Gasteiger partial charge in [-0.3, -0.25) is 4.79 Å². The quantitative estimate of drug-likeness (QED) is 0.876. The molecule has 106 valence electrons. The van der Waals surface area contributed by atoms with Crippen LogP contribution in [0.3, 0.4) is 0 Å². The summed E-state index contributed by atoms with van der Waals surface area (Å²) < 4.78 is 0. The molecule has 0 unspecified atom stereocenters. The Morgan fingerprint density at radius 3 is 2.80 bits per heavy atom. The summed E-state index contributed by atoms with van der Waals surface area (Å²) in [6.45, 7) is 3.63. The van der Waals surface area contributed by atoms with Crippen LogP contribution in [-0.2, 0) is 6.54 Å². The Morgan fingerprint density at radius 1 is 1.30 bits per heavy atom. The lowest BCUT2D eigenvalue weighted by atomic mass is 10.1. The molecule has 0 bridgehead atoms. The maximum absolute atomic E-state index is 12.5. The first kappa shape index (κ1) is 14.6. The molecule has 3 nitrogen and oxygen atoms in total. The molecule has 1 aromatic carbocycles. The van der Waals surface area contributed by atoms with E-state index in [1.807, 2.05) is 36.7 Å². The molecule has 0 radical (unpaired) electrons. The molecule has 0 saturated heterocycles. The highest BCUT2D eigenvalue weighted by Crippen LogP contribution is 2.18. The summed E-state index contributed by atoms with van der Waals surface area (Å²) in [4.78, 5) is 14.3. The van der Waals surface area contributed by atoms with Gasteiger partial charge in [-0.15, -0.1) is 0 Å². The second-order valence-corrected chi connectivity index (χ2v) is 5.55. The average Bonchev–Trinajstić information content (AvgIpc) is 2.97. The van der Waals surface area contributed by atoms with Gasteiger partial charge in [-0.2, -0.15) is 11.3 Å². The number of carbonyl (C=O) groups is 1. The minimum absolute atomic E-state index is 0.0513. The molecule has 1 aromatic heterocycles. The average molecular weight is 288 g/mol. The van der Waals surface area contributed by atoms with Gasteiger partial charge in [-0.25, -0.2) is 0 Å². The standard InChI is InChI=1S/C16H20N2OS/c1-3-9-17-15-7-5-4-6-14(15)16(19)18(2)11-13-8-10-20-12-13/h4-8,10,12,17H,3,9,11H2,1-2H3. The number of anilines is 1. The molecule has 0 aliphatic carbocycles. The highest BCUT2D eigenvalue weighted by molar-refractivity contribution is 7.07. The van der Waals surface area contributed by atoms with E-state index in [9.17, 15) is 4.79 Å². The van der Waals surface area contributed by atoms with Crippen LogP contribution in [0.2, 0.25) is 0 Å². The largest absolute Gasteiger partial charge is 0.384 e. The first-order valence-corrected chi connectivity index (χ1v) is 7.76.